The van der Waals surface area contributed by atoms with Crippen LogP contribution in [0, 0.1) is 5.41 Å². The van der Waals surface area contributed by atoms with Crippen molar-refractivity contribution in [1.82, 2.24) is 15.1 Å². The minimum absolute atomic E-state index is 0.0546. The number of carbonyl (C=O) groups is 2. The van der Waals surface area contributed by atoms with Gasteiger partial charge in [-0.25, -0.2) is 0 Å². The number of nitrogens with zero attached hydrogens (tertiary/aromatic N) is 2. The molecule has 1 aliphatic heterocycles. The molecule has 0 aromatic heterocycles. The standard InChI is InChI=1S/C13H26N4O2/c1-13(12(19)15-2)5-8-17(10-13)9-11(18)16(3)7-4-6-14/h4-10,14H2,1-3H3,(H,15,19). The van der Waals surface area contributed by atoms with E-state index in [1.807, 2.05) is 6.92 Å². The van der Waals surface area contributed by atoms with Crippen LogP contribution in [-0.4, -0.2) is 68.4 Å². The first kappa shape index (κ1) is 15.9. The molecule has 2 amide bonds. The zero-order chi connectivity index (χ0) is 14.5. The monoisotopic (exact) mass is 270 g/mol. The normalized spacial score (nSPS) is 23.4. The van der Waals surface area contributed by atoms with Gasteiger partial charge >= 0.3 is 0 Å². The van der Waals surface area contributed by atoms with Crippen molar-refractivity contribution < 1.29 is 9.59 Å². The molecule has 0 aromatic carbocycles. The Morgan fingerprint density at radius 3 is 2.74 bits per heavy atom. The van der Waals surface area contributed by atoms with Crippen LogP contribution in [-0.2, 0) is 9.59 Å². The molecule has 1 atom stereocenters. The molecule has 0 saturated carbocycles. The Hall–Kier alpha value is -1.14. The minimum Gasteiger partial charge on any atom is -0.359 e. The van der Waals surface area contributed by atoms with Gasteiger partial charge in [-0.3, -0.25) is 14.5 Å². The highest BCUT2D eigenvalue weighted by Crippen LogP contribution is 2.29. The van der Waals surface area contributed by atoms with Crippen molar-refractivity contribution in [1.29, 1.82) is 0 Å². The Bertz CT molecular complexity index is 335. The second kappa shape index (κ2) is 6.86. The summed E-state index contributed by atoms with van der Waals surface area (Å²) in [5.74, 6) is 0.147. The number of amides is 2. The fourth-order valence-corrected chi connectivity index (χ4v) is 2.44. The van der Waals surface area contributed by atoms with E-state index >= 15 is 0 Å². The lowest BCUT2D eigenvalue weighted by Crippen LogP contribution is -2.42. The molecule has 0 aliphatic carbocycles. The SMILES string of the molecule is CNC(=O)C1(C)CCN(CC(=O)N(C)CCCN)C1. The van der Waals surface area contributed by atoms with Gasteiger partial charge in [-0.05, 0) is 32.9 Å². The van der Waals surface area contributed by atoms with E-state index in [-0.39, 0.29) is 17.2 Å². The third-order valence-electron chi connectivity index (χ3n) is 3.81. The summed E-state index contributed by atoms with van der Waals surface area (Å²) in [6, 6.07) is 0. The van der Waals surface area contributed by atoms with Crippen LogP contribution in [0.5, 0.6) is 0 Å². The zero-order valence-electron chi connectivity index (χ0n) is 12.2. The Labute approximate surface area is 115 Å². The summed E-state index contributed by atoms with van der Waals surface area (Å²) in [5, 5.41) is 2.70. The Balaban J connectivity index is 2.43. The topological polar surface area (TPSA) is 78.7 Å². The van der Waals surface area contributed by atoms with Crippen LogP contribution in [0.25, 0.3) is 0 Å². The van der Waals surface area contributed by atoms with Crippen LogP contribution < -0.4 is 11.1 Å². The van der Waals surface area contributed by atoms with E-state index in [2.05, 4.69) is 10.2 Å². The molecule has 0 bridgehead atoms. The number of hydrogen-bond donors (Lipinski definition) is 2. The van der Waals surface area contributed by atoms with Crippen LogP contribution in [0.2, 0.25) is 0 Å². The van der Waals surface area contributed by atoms with Crippen molar-refractivity contribution in [3.8, 4) is 0 Å². The van der Waals surface area contributed by atoms with E-state index in [4.69, 9.17) is 5.73 Å². The number of hydrogen-bond acceptors (Lipinski definition) is 4. The maximum atomic E-state index is 12.0. The van der Waals surface area contributed by atoms with Gasteiger partial charge in [-0.1, -0.05) is 0 Å². The van der Waals surface area contributed by atoms with E-state index in [1.165, 1.54) is 0 Å². The Kier molecular flexibility index (Phi) is 5.75. The number of nitrogens with two attached hydrogens (primary N) is 1. The Morgan fingerprint density at radius 1 is 1.47 bits per heavy atom. The van der Waals surface area contributed by atoms with Crippen molar-refractivity contribution in [2.75, 3.05) is 46.8 Å². The average Bonchev–Trinajstić information content (AvgIpc) is 2.77. The molecular formula is C13H26N4O2. The van der Waals surface area contributed by atoms with Crippen LogP contribution in [0.4, 0.5) is 0 Å². The van der Waals surface area contributed by atoms with E-state index < -0.39 is 0 Å². The molecule has 0 spiro atoms. The number of rotatable bonds is 6. The van der Waals surface area contributed by atoms with Crippen molar-refractivity contribution in [2.45, 2.75) is 19.8 Å². The average molecular weight is 270 g/mol. The first-order valence-electron chi connectivity index (χ1n) is 6.81. The van der Waals surface area contributed by atoms with Crippen LogP contribution in [0.3, 0.4) is 0 Å². The van der Waals surface area contributed by atoms with Gasteiger partial charge in [0.25, 0.3) is 0 Å². The van der Waals surface area contributed by atoms with Crippen molar-refractivity contribution in [3.05, 3.63) is 0 Å². The molecule has 3 N–H and O–H groups in total. The summed E-state index contributed by atoms with van der Waals surface area (Å²) in [6.07, 6.45) is 1.62. The van der Waals surface area contributed by atoms with Gasteiger partial charge in [0.15, 0.2) is 0 Å². The maximum absolute atomic E-state index is 12.0. The summed E-state index contributed by atoms with van der Waals surface area (Å²) in [4.78, 5) is 27.6. The number of likely N-dealkylation sites (N-methyl/N-ethyl adjacent to an activating group) is 1. The third-order valence-corrected chi connectivity index (χ3v) is 3.81. The molecule has 1 fully saturated rings. The minimum atomic E-state index is -0.370. The molecule has 6 nitrogen and oxygen atoms in total. The summed E-state index contributed by atoms with van der Waals surface area (Å²) >= 11 is 0. The fraction of sp³-hybridized carbons (Fsp3) is 0.846. The number of carbonyl (C=O) groups excluding carboxylic acids is 2. The first-order valence-corrected chi connectivity index (χ1v) is 6.81. The van der Waals surface area contributed by atoms with Gasteiger partial charge < -0.3 is 16.0 Å². The summed E-state index contributed by atoms with van der Waals surface area (Å²) < 4.78 is 0. The predicted octanol–water partition coefficient (Wildman–Crippen LogP) is -0.748. The fourth-order valence-electron chi connectivity index (χ4n) is 2.44. The van der Waals surface area contributed by atoms with Crippen molar-refractivity contribution in [3.63, 3.8) is 0 Å². The molecule has 1 unspecified atom stereocenters. The zero-order valence-corrected chi connectivity index (χ0v) is 12.2. The van der Waals surface area contributed by atoms with Gasteiger partial charge in [-0.15, -0.1) is 0 Å². The molecule has 1 aliphatic rings. The van der Waals surface area contributed by atoms with Crippen molar-refractivity contribution >= 4 is 11.8 Å². The lowest BCUT2D eigenvalue weighted by molar-refractivity contribution is -0.132. The maximum Gasteiger partial charge on any atom is 0.236 e. The van der Waals surface area contributed by atoms with Crippen LogP contribution >= 0.6 is 0 Å². The summed E-state index contributed by atoms with van der Waals surface area (Å²) in [6.45, 7) is 5.05. The molecule has 19 heavy (non-hydrogen) atoms. The third kappa shape index (κ3) is 4.18. The second-order valence-corrected chi connectivity index (χ2v) is 5.56. The first-order chi connectivity index (χ1) is 8.92. The van der Waals surface area contributed by atoms with Gasteiger partial charge in [-0.2, -0.15) is 0 Å². The van der Waals surface area contributed by atoms with E-state index in [1.54, 1.807) is 19.0 Å². The van der Waals surface area contributed by atoms with E-state index in [9.17, 15) is 9.59 Å². The van der Waals surface area contributed by atoms with Gasteiger partial charge in [0.1, 0.15) is 0 Å². The lowest BCUT2D eigenvalue weighted by Gasteiger charge is -2.24. The highest BCUT2D eigenvalue weighted by Gasteiger charge is 2.40. The molecule has 1 heterocycles. The summed E-state index contributed by atoms with van der Waals surface area (Å²) in [7, 11) is 3.45. The largest absolute Gasteiger partial charge is 0.359 e. The smallest absolute Gasteiger partial charge is 0.236 e. The molecule has 0 aromatic rings. The molecule has 110 valence electrons. The molecule has 6 heteroatoms. The van der Waals surface area contributed by atoms with Crippen LogP contribution in [0.1, 0.15) is 19.8 Å². The van der Waals surface area contributed by atoms with Gasteiger partial charge in [0.05, 0.1) is 12.0 Å². The summed E-state index contributed by atoms with van der Waals surface area (Å²) in [5.41, 5.74) is 5.06. The highest BCUT2D eigenvalue weighted by molar-refractivity contribution is 5.83. The molecule has 0 radical (unpaired) electrons. The second-order valence-electron chi connectivity index (χ2n) is 5.56. The van der Waals surface area contributed by atoms with E-state index in [0.717, 1.165) is 19.4 Å². The molecule has 1 saturated heterocycles. The van der Waals surface area contributed by atoms with Gasteiger partial charge in [0, 0.05) is 27.2 Å². The molecule has 1 rings (SSSR count). The van der Waals surface area contributed by atoms with E-state index in [0.29, 0.717) is 26.2 Å². The Morgan fingerprint density at radius 2 is 2.16 bits per heavy atom. The number of likely N-dealkylation sites (tertiary alicyclic amines) is 1. The lowest BCUT2D eigenvalue weighted by atomic mass is 9.89. The van der Waals surface area contributed by atoms with Gasteiger partial charge in [0.2, 0.25) is 11.8 Å². The number of nitrogens with one attached hydrogen (secondary N) is 1. The predicted molar refractivity (Wildman–Crippen MR) is 74.5 cm³/mol. The molecular weight excluding hydrogens is 244 g/mol. The highest BCUT2D eigenvalue weighted by atomic mass is 16.2. The van der Waals surface area contributed by atoms with Crippen molar-refractivity contribution in [2.24, 2.45) is 11.1 Å². The quantitative estimate of drug-likeness (QED) is 0.666. The van der Waals surface area contributed by atoms with Crippen LogP contribution in [0.15, 0.2) is 0 Å².